The molecule has 88 valence electrons. The highest BCUT2D eigenvalue weighted by Crippen LogP contribution is 2.30. The minimum Gasteiger partial charge on any atom is -0.508 e. The normalized spacial score (nSPS) is 9.71. The molecule has 0 radical (unpaired) electrons. The van der Waals surface area contributed by atoms with Gasteiger partial charge < -0.3 is 10.0 Å². The first kappa shape index (κ1) is 13.0. The summed E-state index contributed by atoms with van der Waals surface area (Å²) in [6.45, 7) is 5.08. The number of nitrogens with zero attached hydrogens (tertiary/aromatic N) is 1. The van der Waals surface area contributed by atoms with Gasteiger partial charge >= 0.3 is 0 Å². The molecule has 1 aromatic rings. The SMILES string of the molecule is C#CCN(CC#C)c1ccc(O)cc1C(C)C. The van der Waals surface area contributed by atoms with Crippen LogP contribution < -0.4 is 4.90 Å². The summed E-state index contributed by atoms with van der Waals surface area (Å²) in [6.07, 6.45) is 10.7. The molecule has 0 aliphatic heterocycles. The predicted octanol–water partition coefficient (Wildman–Crippen LogP) is 2.59. The molecule has 0 amide bonds. The van der Waals surface area contributed by atoms with Crippen LogP contribution in [0.5, 0.6) is 5.75 Å². The second kappa shape index (κ2) is 5.87. The molecule has 2 nitrogen and oxygen atoms in total. The van der Waals surface area contributed by atoms with Crippen LogP contribution in [0.15, 0.2) is 18.2 Å². The predicted molar refractivity (Wildman–Crippen MR) is 72.1 cm³/mol. The van der Waals surface area contributed by atoms with Crippen LogP contribution in [0, 0.1) is 24.7 Å². The monoisotopic (exact) mass is 227 g/mol. The van der Waals surface area contributed by atoms with Gasteiger partial charge in [-0.05, 0) is 29.7 Å². The lowest BCUT2D eigenvalue weighted by molar-refractivity contribution is 0.474. The van der Waals surface area contributed by atoms with E-state index in [1.165, 1.54) is 0 Å². The lowest BCUT2D eigenvalue weighted by Gasteiger charge is -2.24. The highest BCUT2D eigenvalue weighted by atomic mass is 16.3. The molecule has 0 fully saturated rings. The van der Waals surface area contributed by atoms with Gasteiger partial charge in [-0.2, -0.15) is 0 Å². The highest BCUT2D eigenvalue weighted by Gasteiger charge is 2.12. The van der Waals surface area contributed by atoms with E-state index in [-0.39, 0.29) is 5.75 Å². The van der Waals surface area contributed by atoms with Crippen molar-refractivity contribution in [3.63, 3.8) is 0 Å². The van der Waals surface area contributed by atoms with Gasteiger partial charge in [0.1, 0.15) is 5.75 Å². The van der Waals surface area contributed by atoms with E-state index in [0.717, 1.165) is 11.3 Å². The zero-order valence-corrected chi connectivity index (χ0v) is 10.3. The first-order chi connectivity index (χ1) is 8.10. The second-order valence-corrected chi connectivity index (χ2v) is 4.16. The molecule has 0 spiro atoms. The van der Waals surface area contributed by atoms with Gasteiger partial charge in [0.15, 0.2) is 0 Å². The number of anilines is 1. The van der Waals surface area contributed by atoms with Gasteiger partial charge in [-0.15, -0.1) is 12.8 Å². The molecule has 1 aromatic carbocycles. The molecule has 0 unspecified atom stereocenters. The average Bonchev–Trinajstić information content (AvgIpc) is 2.28. The summed E-state index contributed by atoms with van der Waals surface area (Å²) in [5, 5.41) is 9.53. The van der Waals surface area contributed by atoms with Crippen LogP contribution in [0.4, 0.5) is 5.69 Å². The first-order valence-corrected chi connectivity index (χ1v) is 5.55. The van der Waals surface area contributed by atoms with Crippen molar-refractivity contribution in [2.45, 2.75) is 19.8 Å². The van der Waals surface area contributed by atoms with E-state index < -0.39 is 0 Å². The van der Waals surface area contributed by atoms with Crippen molar-refractivity contribution in [1.29, 1.82) is 0 Å². The van der Waals surface area contributed by atoms with Crippen molar-refractivity contribution < 1.29 is 5.11 Å². The Balaban J connectivity index is 3.19. The summed E-state index contributed by atoms with van der Waals surface area (Å²) < 4.78 is 0. The minimum atomic E-state index is 0.263. The van der Waals surface area contributed by atoms with Crippen LogP contribution in [-0.4, -0.2) is 18.2 Å². The highest BCUT2D eigenvalue weighted by molar-refractivity contribution is 5.58. The van der Waals surface area contributed by atoms with Gasteiger partial charge in [0.2, 0.25) is 0 Å². The summed E-state index contributed by atoms with van der Waals surface area (Å²) in [4.78, 5) is 1.95. The number of hydrogen-bond acceptors (Lipinski definition) is 2. The molecule has 0 heterocycles. The van der Waals surface area contributed by atoms with Gasteiger partial charge in [0.25, 0.3) is 0 Å². The van der Waals surface area contributed by atoms with Gasteiger partial charge in [0.05, 0.1) is 13.1 Å². The molecule has 1 N–H and O–H groups in total. The Bertz CT molecular complexity index is 447. The maximum Gasteiger partial charge on any atom is 0.116 e. The third kappa shape index (κ3) is 3.20. The summed E-state index contributed by atoms with van der Waals surface area (Å²) in [7, 11) is 0. The van der Waals surface area contributed by atoms with Crippen LogP contribution in [0.2, 0.25) is 0 Å². The maximum atomic E-state index is 9.53. The first-order valence-electron chi connectivity index (χ1n) is 5.55. The quantitative estimate of drug-likeness (QED) is 0.799. The van der Waals surface area contributed by atoms with Crippen molar-refractivity contribution in [2.24, 2.45) is 0 Å². The van der Waals surface area contributed by atoms with E-state index in [4.69, 9.17) is 12.8 Å². The standard InChI is InChI=1S/C15H17NO/c1-5-9-16(10-6-2)15-8-7-13(17)11-14(15)12(3)4/h1-2,7-8,11-12,17H,9-10H2,3-4H3. The Morgan fingerprint density at radius 3 is 2.29 bits per heavy atom. The molecular formula is C15H17NO. The van der Waals surface area contributed by atoms with E-state index in [0.29, 0.717) is 19.0 Å². The summed E-state index contributed by atoms with van der Waals surface area (Å²) in [6, 6.07) is 5.28. The fourth-order valence-corrected chi connectivity index (χ4v) is 1.74. The van der Waals surface area contributed by atoms with Crippen molar-refractivity contribution >= 4 is 5.69 Å². The Kier molecular flexibility index (Phi) is 4.49. The summed E-state index contributed by atoms with van der Waals surface area (Å²) >= 11 is 0. The van der Waals surface area contributed by atoms with Crippen LogP contribution >= 0.6 is 0 Å². The number of phenols is 1. The smallest absolute Gasteiger partial charge is 0.116 e. The topological polar surface area (TPSA) is 23.5 Å². The van der Waals surface area contributed by atoms with Crippen LogP contribution in [0.25, 0.3) is 0 Å². The van der Waals surface area contributed by atoms with Gasteiger partial charge in [0, 0.05) is 5.69 Å². The van der Waals surface area contributed by atoms with Crippen molar-refractivity contribution in [3.05, 3.63) is 23.8 Å². The Morgan fingerprint density at radius 2 is 1.82 bits per heavy atom. The Labute approximate surface area is 103 Å². The van der Waals surface area contributed by atoms with E-state index >= 15 is 0 Å². The second-order valence-electron chi connectivity index (χ2n) is 4.16. The van der Waals surface area contributed by atoms with Gasteiger partial charge in [-0.1, -0.05) is 25.7 Å². The van der Waals surface area contributed by atoms with Crippen molar-refractivity contribution in [3.8, 4) is 30.4 Å². The summed E-state index contributed by atoms with van der Waals surface area (Å²) in [5.74, 6) is 5.76. The molecule has 2 heteroatoms. The molecule has 0 aromatic heterocycles. The number of rotatable bonds is 4. The van der Waals surface area contributed by atoms with E-state index in [1.807, 2.05) is 11.0 Å². The lowest BCUT2D eigenvalue weighted by atomic mass is 10.00. The molecule has 0 atom stereocenters. The van der Waals surface area contributed by atoms with Crippen molar-refractivity contribution in [2.75, 3.05) is 18.0 Å². The van der Waals surface area contributed by atoms with Crippen LogP contribution in [0.1, 0.15) is 25.3 Å². The van der Waals surface area contributed by atoms with E-state index in [1.54, 1.807) is 12.1 Å². The number of benzene rings is 1. The third-order valence-corrected chi connectivity index (χ3v) is 2.54. The fraction of sp³-hybridized carbons (Fsp3) is 0.333. The number of phenolic OH excluding ortho intramolecular Hbond substituents is 1. The van der Waals surface area contributed by atoms with Gasteiger partial charge in [-0.3, -0.25) is 0 Å². The van der Waals surface area contributed by atoms with E-state index in [9.17, 15) is 5.11 Å². The Morgan fingerprint density at radius 1 is 1.24 bits per heavy atom. The molecule has 17 heavy (non-hydrogen) atoms. The van der Waals surface area contributed by atoms with Crippen LogP contribution in [0.3, 0.4) is 0 Å². The molecule has 0 saturated carbocycles. The minimum absolute atomic E-state index is 0.263. The molecule has 0 aliphatic rings. The molecule has 0 aliphatic carbocycles. The lowest BCUT2D eigenvalue weighted by Crippen LogP contribution is -2.25. The van der Waals surface area contributed by atoms with Crippen molar-refractivity contribution in [1.82, 2.24) is 0 Å². The molecule has 0 saturated heterocycles. The largest absolute Gasteiger partial charge is 0.508 e. The van der Waals surface area contributed by atoms with Gasteiger partial charge in [-0.25, -0.2) is 0 Å². The number of terminal acetylenes is 2. The maximum absolute atomic E-state index is 9.53. The number of hydrogen-bond donors (Lipinski definition) is 1. The zero-order chi connectivity index (χ0) is 12.8. The third-order valence-electron chi connectivity index (χ3n) is 2.54. The number of aromatic hydroxyl groups is 1. The van der Waals surface area contributed by atoms with Crippen LogP contribution in [-0.2, 0) is 0 Å². The molecular weight excluding hydrogens is 210 g/mol. The molecule has 0 bridgehead atoms. The Hall–Kier alpha value is -2.06. The van der Waals surface area contributed by atoms with E-state index in [2.05, 4.69) is 25.7 Å². The summed E-state index contributed by atoms with van der Waals surface area (Å²) in [5.41, 5.74) is 2.05. The zero-order valence-electron chi connectivity index (χ0n) is 10.3. The average molecular weight is 227 g/mol. The molecule has 1 rings (SSSR count). The fourth-order valence-electron chi connectivity index (χ4n) is 1.74.